The van der Waals surface area contributed by atoms with Gasteiger partial charge in [-0.1, -0.05) is 11.6 Å². The van der Waals surface area contributed by atoms with Gasteiger partial charge in [-0.2, -0.15) is 0 Å². The van der Waals surface area contributed by atoms with Crippen LogP contribution in [0, 0.1) is 6.92 Å². The molecule has 3 N–H and O–H groups in total. The molecule has 1 aromatic heterocycles. The molecule has 1 heterocycles. The molecular weight excluding hydrogens is 272 g/mol. The summed E-state index contributed by atoms with van der Waals surface area (Å²) in [5.74, 6) is -0.107. The van der Waals surface area contributed by atoms with E-state index in [2.05, 4.69) is 5.32 Å². The minimum Gasteiger partial charge on any atom is -0.397 e. The molecule has 0 fully saturated rings. The normalized spacial score (nSPS) is 12.6. The fourth-order valence-electron chi connectivity index (χ4n) is 2.06. The van der Waals surface area contributed by atoms with Crippen LogP contribution >= 0.6 is 11.3 Å². The zero-order chi connectivity index (χ0) is 14.7. The molecule has 4 nitrogen and oxygen atoms in total. The number of hydrogen-bond donors (Lipinski definition) is 2. The van der Waals surface area contributed by atoms with Crippen molar-refractivity contribution in [3.63, 3.8) is 0 Å². The summed E-state index contributed by atoms with van der Waals surface area (Å²) in [6.45, 7) is 4.61. The molecule has 0 radical (unpaired) electrons. The van der Waals surface area contributed by atoms with Gasteiger partial charge in [-0.25, -0.2) is 0 Å². The number of carbonyl (C=O) groups excluding carboxylic acids is 1. The van der Waals surface area contributed by atoms with E-state index in [-0.39, 0.29) is 11.9 Å². The lowest BCUT2D eigenvalue weighted by atomic mass is 10.1. The Hall–Kier alpha value is -1.59. The summed E-state index contributed by atoms with van der Waals surface area (Å²) in [4.78, 5) is 12.9. The fraction of sp³-hybridized carbons (Fsp3) is 0.400. The van der Waals surface area contributed by atoms with Crippen molar-refractivity contribution in [2.24, 2.45) is 0 Å². The number of hydrogen-bond acceptors (Lipinski definition) is 4. The topological polar surface area (TPSA) is 64.3 Å². The van der Waals surface area contributed by atoms with Crippen LogP contribution in [0.15, 0.2) is 18.2 Å². The van der Waals surface area contributed by atoms with Crippen molar-refractivity contribution in [3.8, 4) is 0 Å². The summed E-state index contributed by atoms with van der Waals surface area (Å²) in [5.41, 5.74) is 7.82. The maximum atomic E-state index is 12.3. The van der Waals surface area contributed by atoms with E-state index in [1.165, 1.54) is 11.3 Å². The Kier molecular flexibility index (Phi) is 4.62. The monoisotopic (exact) mass is 292 g/mol. The van der Waals surface area contributed by atoms with Crippen molar-refractivity contribution in [2.75, 3.05) is 19.5 Å². The quantitative estimate of drug-likeness (QED) is 0.890. The average molecular weight is 292 g/mol. The van der Waals surface area contributed by atoms with Gasteiger partial charge in [-0.15, -0.1) is 11.3 Å². The molecule has 0 aliphatic heterocycles. The van der Waals surface area contributed by atoms with Crippen molar-refractivity contribution < 1.29 is 9.53 Å². The number of thiophene rings is 1. The summed E-state index contributed by atoms with van der Waals surface area (Å²) < 4.78 is 6.06. The van der Waals surface area contributed by atoms with Crippen LogP contribution in [0.25, 0.3) is 10.1 Å². The molecule has 0 saturated carbocycles. The number of carbonyl (C=O) groups is 1. The number of nitrogen functional groups attached to an aromatic ring is 1. The van der Waals surface area contributed by atoms with Gasteiger partial charge in [-0.3, -0.25) is 4.79 Å². The van der Waals surface area contributed by atoms with E-state index in [1.54, 1.807) is 7.11 Å². The van der Waals surface area contributed by atoms with Gasteiger partial charge in [-0.05, 0) is 32.4 Å². The number of ether oxygens (including phenoxy) is 1. The maximum absolute atomic E-state index is 12.3. The third kappa shape index (κ3) is 3.11. The van der Waals surface area contributed by atoms with Crippen LogP contribution in [-0.2, 0) is 4.74 Å². The zero-order valence-corrected chi connectivity index (χ0v) is 12.8. The van der Waals surface area contributed by atoms with Crippen LogP contribution in [0.3, 0.4) is 0 Å². The Labute approximate surface area is 122 Å². The Bertz CT molecular complexity index is 622. The highest BCUT2D eigenvalue weighted by Gasteiger charge is 2.17. The predicted octanol–water partition coefficient (Wildman–Crippen LogP) is 2.95. The van der Waals surface area contributed by atoms with E-state index in [0.717, 1.165) is 22.1 Å². The number of methoxy groups -OCH3 is 1. The highest BCUT2D eigenvalue weighted by Crippen LogP contribution is 2.34. The lowest BCUT2D eigenvalue weighted by molar-refractivity contribution is 0.0934. The van der Waals surface area contributed by atoms with Gasteiger partial charge in [0.25, 0.3) is 5.91 Å². The minimum atomic E-state index is -0.107. The van der Waals surface area contributed by atoms with Gasteiger partial charge in [0.15, 0.2) is 0 Å². The Morgan fingerprint density at radius 2 is 2.25 bits per heavy atom. The number of benzene rings is 1. The minimum absolute atomic E-state index is 0.0637. The van der Waals surface area contributed by atoms with Gasteiger partial charge in [0.2, 0.25) is 0 Å². The van der Waals surface area contributed by atoms with Crippen LogP contribution in [-0.4, -0.2) is 25.7 Å². The first kappa shape index (κ1) is 14.8. The van der Waals surface area contributed by atoms with Crippen molar-refractivity contribution in [1.82, 2.24) is 5.32 Å². The van der Waals surface area contributed by atoms with Gasteiger partial charge < -0.3 is 15.8 Å². The molecule has 2 rings (SSSR count). The molecule has 2 aromatic rings. The number of anilines is 1. The van der Waals surface area contributed by atoms with E-state index < -0.39 is 0 Å². The first-order chi connectivity index (χ1) is 9.52. The summed E-state index contributed by atoms with van der Waals surface area (Å²) in [5, 5.41) is 3.92. The van der Waals surface area contributed by atoms with E-state index in [0.29, 0.717) is 17.2 Å². The largest absolute Gasteiger partial charge is 0.397 e. The Morgan fingerprint density at radius 3 is 2.95 bits per heavy atom. The maximum Gasteiger partial charge on any atom is 0.263 e. The fourth-order valence-corrected chi connectivity index (χ4v) is 3.06. The van der Waals surface area contributed by atoms with Crippen molar-refractivity contribution in [3.05, 3.63) is 28.6 Å². The Morgan fingerprint density at radius 1 is 1.50 bits per heavy atom. The van der Waals surface area contributed by atoms with Crippen LogP contribution in [0.1, 0.15) is 28.6 Å². The molecule has 1 amide bonds. The third-order valence-electron chi connectivity index (χ3n) is 3.22. The second kappa shape index (κ2) is 6.24. The van der Waals surface area contributed by atoms with Crippen LogP contribution in [0.5, 0.6) is 0 Å². The summed E-state index contributed by atoms with van der Waals surface area (Å²) >= 11 is 1.44. The number of fused-ring (bicyclic) bond motifs is 1. The highest BCUT2D eigenvalue weighted by atomic mass is 32.1. The van der Waals surface area contributed by atoms with Crippen LogP contribution in [0.2, 0.25) is 0 Å². The summed E-state index contributed by atoms with van der Waals surface area (Å²) in [6.07, 6.45) is 0.784. The first-order valence-electron chi connectivity index (χ1n) is 6.61. The van der Waals surface area contributed by atoms with Crippen molar-refractivity contribution in [1.29, 1.82) is 0 Å². The number of nitrogens with one attached hydrogen (secondary N) is 1. The molecule has 1 atom stereocenters. The molecule has 20 heavy (non-hydrogen) atoms. The number of amides is 1. The van der Waals surface area contributed by atoms with E-state index in [4.69, 9.17) is 10.5 Å². The Balaban J connectivity index is 2.20. The lowest BCUT2D eigenvalue weighted by Crippen LogP contribution is -2.33. The van der Waals surface area contributed by atoms with Crippen molar-refractivity contribution >= 4 is 33.0 Å². The van der Waals surface area contributed by atoms with Crippen molar-refractivity contribution in [2.45, 2.75) is 26.3 Å². The van der Waals surface area contributed by atoms with Crippen LogP contribution in [0.4, 0.5) is 5.69 Å². The van der Waals surface area contributed by atoms with Crippen LogP contribution < -0.4 is 11.1 Å². The van der Waals surface area contributed by atoms with E-state index >= 15 is 0 Å². The standard InChI is InChI=1S/C15H20N2O2S/c1-9-4-5-12-11(8-9)13(16)14(20-12)15(18)17-10(2)6-7-19-3/h4-5,8,10H,6-7,16H2,1-3H3,(H,17,18). The summed E-state index contributed by atoms with van der Waals surface area (Å²) in [6, 6.07) is 6.12. The molecule has 1 aromatic carbocycles. The van der Waals surface area contributed by atoms with Gasteiger partial charge >= 0.3 is 0 Å². The second-order valence-electron chi connectivity index (χ2n) is 5.00. The first-order valence-corrected chi connectivity index (χ1v) is 7.43. The SMILES string of the molecule is COCCC(C)NC(=O)c1sc2ccc(C)cc2c1N. The zero-order valence-electron chi connectivity index (χ0n) is 12.0. The van der Waals surface area contributed by atoms with E-state index in [9.17, 15) is 4.79 Å². The van der Waals surface area contributed by atoms with E-state index in [1.807, 2.05) is 32.0 Å². The second-order valence-corrected chi connectivity index (χ2v) is 6.05. The number of aryl methyl sites for hydroxylation is 1. The highest BCUT2D eigenvalue weighted by molar-refractivity contribution is 7.21. The lowest BCUT2D eigenvalue weighted by Gasteiger charge is -2.12. The molecule has 0 bridgehead atoms. The van der Waals surface area contributed by atoms with Gasteiger partial charge in [0.05, 0.1) is 5.69 Å². The van der Waals surface area contributed by atoms with Gasteiger partial charge in [0.1, 0.15) is 4.88 Å². The molecule has 0 saturated heterocycles. The third-order valence-corrected chi connectivity index (χ3v) is 4.41. The average Bonchev–Trinajstić information content (AvgIpc) is 2.74. The molecule has 1 unspecified atom stereocenters. The summed E-state index contributed by atoms with van der Waals surface area (Å²) in [7, 11) is 1.65. The molecule has 0 aliphatic carbocycles. The van der Waals surface area contributed by atoms with Gasteiger partial charge in [0, 0.05) is 29.8 Å². The molecule has 0 spiro atoms. The number of nitrogens with two attached hydrogens (primary N) is 1. The predicted molar refractivity (Wildman–Crippen MR) is 84.4 cm³/mol. The molecule has 0 aliphatic rings. The molecule has 108 valence electrons. The number of rotatable bonds is 5. The molecular formula is C15H20N2O2S. The smallest absolute Gasteiger partial charge is 0.263 e. The molecule has 5 heteroatoms.